The second kappa shape index (κ2) is 8.99. The van der Waals surface area contributed by atoms with Crippen LogP contribution in [0.25, 0.3) is 0 Å². The maximum Gasteiger partial charge on any atom is 0.255 e. The van der Waals surface area contributed by atoms with Crippen molar-refractivity contribution >= 4 is 27.3 Å². The van der Waals surface area contributed by atoms with Crippen molar-refractivity contribution in [3.05, 3.63) is 77.1 Å². The monoisotopic (exact) mass is 515 g/mol. The Morgan fingerprint density at radius 1 is 1.03 bits per heavy atom. The third-order valence-electron chi connectivity index (χ3n) is 6.81. The van der Waals surface area contributed by atoms with E-state index in [4.69, 9.17) is 0 Å². The molecule has 0 spiro atoms. The number of rotatable bonds is 5. The average molecular weight is 516 g/mol. The number of hydrogen-bond donors (Lipinski definition) is 3. The summed E-state index contributed by atoms with van der Waals surface area (Å²) < 4.78 is 55.3. The van der Waals surface area contributed by atoms with Gasteiger partial charge < -0.3 is 20.5 Å². The van der Waals surface area contributed by atoms with E-state index in [1.165, 1.54) is 4.31 Å². The number of aromatic amines is 1. The highest BCUT2D eigenvalue weighted by Crippen LogP contribution is 2.44. The van der Waals surface area contributed by atoms with Crippen molar-refractivity contribution in [2.75, 3.05) is 36.4 Å². The predicted molar refractivity (Wildman–Crippen MR) is 132 cm³/mol. The summed E-state index contributed by atoms with van der Waals surface area (Å²) in [5.41, 5.74) is 2.15. The van der Waals surface area contributed by atoms with E-state index in [9.17, 15) is 22.0 Å². The molecule has 0 atom stereocenters. The molecule has 1 saturated heterocycles. The van der Waals surface area contributed by atoms with Gasteiger partial charge in [-0.3, -0.25) is 4.79 Å². The van der Waals surface area contributed by atoms with Gasteiger partial charge in [-0.25, -0.2) is 17.2 Å². The van der Waals surface area contributed by atoms with Gasteiger partial charge in [0.2, 0.25) is 10.0 Å². The van der Waals surface area contributed by atoms with Crippen molar-refractivity contribution in [1.29, 1.82) is 0 Å². The Kier molecular flexibility index (Phi) is 6.09. The number of H-pyrrole nitrogens is 1. The summed E-state index contributed by atoms with van der Waals surface area (Å²) in [6, 6.07) is 9.58. The number of fused-ring (bicyclic) bond motifs is 1. The molecule has 1 amide bonds. The minimum Gasteiger partial charge on any atom is -0.369 e. The molecule has 0 aliphatic carbocycles. The molecule has 3 aromatic rings. The summed E-state index contributed by atoms with van der Waals surface area (Å²) in [5.74, 6) is -2.27. The van der Waals surface area contributed by atoms with Crippen molar-refractivity contribution in [2.45, 2.75) is 30.8 Å². The van der Waals surface area contributed by atoms with Gasteiger partial charge in [0, 0.05) is 67.5 Å². The van der Waals surface area contributed by atoms with Crippen LogP contribution in [0.5, 0.6) is 0 Å². The summed E-state index contributed by atoms with van der Waals surface area (Å²) in [7, 11) is -4.23. The molecule has 1 fully saturated rings. The molecule has 2 aromatic carbocycles. The van der Waals surface area contributed by atoms with E-state index in [1.54, 1.807) is 32.2 Å². The second-order valence-electron chi connectivity index (χ2n) is 9.47. The molecular weight excluding hydrogens is 488 g/mol. The Morgan fingerprint density at radius 3 is 2.31 bits per heavy atom. The van der Waals surface area contributed by atoms with Crippen LogP contribution in [0.15, 0.2) is 53.6 Å². The smallest absolute Gasteiger partial charge is 0.255 e. The molecule has 11 heteroatoms. The van der Waals surface area contributed by atoms with Gasteiger partial charge in [-0.05, 0) is 50.2 Å². The van der Waals surface area contributed by atoms with E-state index in [0.717, 1.165) is 44.0 Å². The van der Waals surface area contributed by atoms with Crippen molar-refractivity contribution in [3.63, 3.8) is 0 Å². The quantitative estimate of drug-likeness (QED) is 0.484. The van der Waals surface area contributed by atoms with E-state index in [2.05, 4.69) is 20.5 Å². The molecule has 1 aromatic heterocycles. The lowest BCUT2D eigenvalue weighted by Crippen LogP contribution is -2.43. The van der Waals surface area contributed by atoms with Crippen LogP contribution in [-0.4, -0.2) is 49.8 Å². The summed E-state index contributed by atoms with van der Waals surface area (Å²) in [4.78, 5) is 17.8. The number of nitrogens with one attached hydrogen (secondary N) is 3. The molecule has 36 heavy (non-hydrogen) atoms. The fourth-order valence-electron chi connectivity index (χ4n) is 4.87. The number of aromatic nitrogens is 1. The number of hydrogen-bond acceptors (Lipinski definition) is 5. The summed E-state index contributed by atoms with van der Waals surface area (Å²) >= 11 is 0. The van der Waals surface area contributed by atoms with Gasteiger partial charge in [0.15, 0.2) is 0 Å². The minimum absolute atomic E-state index is 0.0656. The lowest BCUT2D eigenvalue weighted by Gasteiger charge is -2.31. The zero-order valence-electron chi connectivity index (χ0n) is 19.9. The molecule has 8 nitrogen and oxygen atoms in total. The normalized spacial score (nSPS) is 17.7. The highest BCUT2D eigenvalue weighted by molar-refractivity contribution is 7.89. The van der Waals surface area contributed by atoms with Crippen molar-refractivity contribution in [2.24, 2.45) is 0 Å². The Hall–Kier alpha value is -3.28. The van der Waals surface area contributed by atoms with Gasteiger partial charge in [-0.2, -0.15) is 4.31 Å². The first-order valence-corrected chi connectivity index (χ1v) is 13.1. The van der Waals surface area contributed by atoms with Crippen LogP contribution in [0.3, 0.4) is 0 Å². The molecule has 0 bridgehead atoms. The first kappa shape index (κ1) is 24.4. The third-order valence-corrected chi connectivity index (χ3v) is 8.81. The molecule has 190 valence electrons. The molecule has 2 aliphatic rings. The summed E-state index contributed by atoms with van der Waals surface area (Å²) in [5, 5.41) is 6.18. The number of carbonyl (C=O) groups is 1. The summed E-state index contributed by atoms with van der Waals surface area (Å²) in [6.07, 6.45) is 1.63. The van der Waals surface area contributed by atoms with Gasteiger partial charge in [0.25, 0.3) is 5.91 Å². The minimum atomic E-state index is -4.23. The molecule has 3 N–H and O–H groups in total. The van der Waals surface area contributed by atoms with Gasteiger partial charge in [0.1, 0.15) is 11.6 Å². The number of carbonyl (C=O) groups excluding carboxylic acids is 1. The van der Waals surface area contributed by atoms with Crippen LogP contribution < -0.4 is 15.5 Å². The van der Waals surface area contributed by atoms with E-state index in [-0.39, 0.29) is 12.5 Å². The van der Waals surface area contributed by atoms with Crippen molar-refractivity contribution in [3.8, 4) is 0 Å². The largest absolute Gasteiger partial charge is 0.369 e. The molecule has 0 radical (unpaired) electrons. The fraction of sp³-hybridized carbons (Fsp3) is 0.320. The molecule has 0 saturated carbocycles. The van der Waals surface area contributed by atoms with Crippen LogP contribution in [0.1, 0.15) is 35.5 Å². The van der Waals surface area contributed by atoms with E-state index < -0.39 is 32.1 Å². The van der Waals surface area contributed by atoms with Crippen LogP contribution in [0.4, 0.5) is 20.2 Å². The lowest BCUT2D eigenvalue weighted by atomic mass is 10.0. The van der Waals surface area contributed by atoms with Gasteiger partial charge >= 0.3 is 0 Å². The van der Waals surface area contributed by atoms with Gasteiger partial charge in [-0.15, -0.1) is 0 Å². The second-order valence-corrected chi connectivity index (χ2v) is 11.3. The van der Waals surface area contributed by atoms with Gasteiger partial charge in [-0.1, -0.05) is 0 Å². The lowest BCUT2D eigenvalue weighted by molar-refractivity contribution is 0.102. The first-order chi connectivity index (χ1) is 17.1. The Balaban J connectivity index is 1.36. The van der Waals surface area contributed by atoms with E-state index in [1.807, 2.05) is 12.1 Å². The van der Waals surface area contributed by atoms with Crippen molar-refractivity contribution < 1.29 is 22.0 Å². The van der Waals surface area contributed by atoms with Crippen LogP contribution in [0, 0.1) is 11.6 Å². The zero-order chi connectivity index (χ0) is 25.7. The van der Waals surface area contributed by atoms with E-state index in [0.29, 0.717) is 28.6 Å². The standard InChI is InChI=1S/C25H27F2N5O3S/c1-25(2)23-21(15-32(25)36(34,35)20-12-17(26)11-18(27)13-20)22(14-29-23)30-24(33)16-3-5-19(6-4-16)31-9-7-28-8-10-31/h3-6,11-14,28-29H,7-10,15H2,1-2H3,(H,30,33). The van der Waals surface area contributed by atoms with E-state index >= 15 is 0 Å². The molecule has 2 aliphatic heterocycles. The zero-order valence-corrected chi connectivity index (χ0v) is 20.8. The number of halogens is 2. The highest BCUT2D eigenvalue weighted by atomic mass is 32.2. The van der Waals surface area contributed by atoms with Crippen molar-refractivity contribution in [1.82, 2.24) is 14.6 Å². The highest BCUT2D eigenvalue weighted by Gasteiger charge is 2.47. The Morgan fingerprint density at radius 2 is 1.67 bits per heavy atom. The fourth-order valence-corrected chi connectivity index (χ4v) is 6.64. The number of nitrogens with zero attached hydrogens (tertiary/aromatic N) is 2. The van der Waals surface area contributed by atoms with Gasteiger partial charge in [0.05, 0.1) is 16.1 Å². The number of amides is 1. The molecule has 3 heterocycles. The SMILES string of the molecule is CC1(C)c2[nH]cc(NC(=O)c3ccc(N4CCNCC4)cc3)c2CN1S(=O)(=O)c1cc(F)cc(F)c1. The first-order valence-electron chi connectivity index (χ1n) is 11.6. The molecule has 0 unspecified atom stereocenters. The Bertz CT molecular complexity index is 1390. The number of piperazine rings is 1. The maximum atomic E-state index is 13.8. The average Bonchev–Trinajstić information content (AvgIpc) is 3.37. The Labute approximate surface area is 208 Å². The topological polar surface area (TPSA) is 97.5 Å². The van der Waals surface area contributed by atoms with Crippen LogP contribution in [0.2, 0.25) is 0 Å². The maximum absolute atomic E-state index is 13.8. The van der Waals surface area contributed by atoms with Crippen LogP contribution >= 0.6 is 0 Å². The molecule has 5 rings (SSSR count). The summed E-state index contributed by atoms with van der Waals surface area (Å²) in [6.45, 7) is 6.96. The third kappa shape index (κ3) is 4.27. The van der Waals surface area contributed by atoms with Crippen LogP contribution in [-0.2, 0) is 22.1 Å². The molecular formula is C25H27F2N5O3S. The number of anilines is 2. The number of benzene rings is 2. The predicted octanol–water partition coefficient (Wildman–Crippen LogP) is 3.39. The number of sulfonamides is 1.